The van der Waals surface area contributed by atoms with Crippen molar-refractivity contribution in [2.75, 3.05) is 26.7 Å². The lowest BCUT2D eigenvalue weighted by Gasteiger charge is -2.38. The van der Waals surface area contributed by atoms with Gasteiger partial charge in [0.2, 0.25) is 5.88 Å². The van der Waals surface area contributed by atoms with E-state index in [1.807, 2.05) is 47.1 Å². The number of hydrogen-bond acceptors (Lipinski definition) is 7. The van der Waals surface area contributed by atoms with Crippen molar-refractivity contribution in [3.63, 3.8) is 0 Å². The van der Waals surface area contributed by atoms with Gasteiger partial charge < -0.3 is 19.8 Å². The molecule has 10 heteroatoms. The zero-order chi connectivity index (χ0) is 36.0. The number of fused-ring (bicyclic) bond motifs is 1. The number of hydrogen-bond donors (Lipinski definition) is 3. The van der Waals surface area contributed by atoms with Gasteiger partial charge in [0.05, 0.1) is 12.8 Å². The quantitative estimate of drug-likeness (QED) is 0.117. The lowest BCUT2D eigenvalue weighted by Crippen LogP contribution is -2.41. The van der Waals surface area contributed by atoms with Crippen LogP contribution in [0.4, 0.5) is 4.39 Å². The van der Waals surface area contributed by atoms with Gasteiger partial charge in [-0.15, -0.1) is 0 Å². The van der Waals surface area contributed by atoms with Gasteiger partial charge in [-0.3, -0.25) is 15.0 Å². The van der Waals surface area contributed by atoms with Crippen molar-refractivity contribution in [3.8, 4) is 22.7 Å². The number of rotatable bonds is 15. The first-order chi connectivity index (χ1) is 24.0. The van der Waals surface area contributed by atoms with Crippen LogP contribution in [0.15, 0.2) is 66.7 Å². The Morgan fingerprint density at radius 1 is 1.04 bits per heavy atom. The van der Waals surface area contributed by atoms with E-state index in [-0.39, 0.29) is 23.2 Å². The molecule has 2 heterocycles. The van der Waals surface area contributed by atoms with E-state index in [1.165, 1.54) is 25.7 Å². The number of nitrogens with one attached hydrogen (secondary N) is 1. The van der Waals surface area contributed by atoms with Gasteiger partial charge in [0.1, 0.15) is 17.8 Å². The summed E-state index contributed by atoms with van der Waals surface area (Å²) in [5.74, 6) is -0.347. The summed E-state index contributed by atoms with van der Waals surface area (Å²) in [6.45, 7) is 12.0. The second-order valence-electron chi connectivity index (χ2n) is 13.4. The number of unbranched alkanes of at least 4 members (excludes halogenated alkanes) is 2. The molecule has 3 N–H and O–H groups in total. The van der Waals surface area contributed by atoms with Crippen molar-refractivity contribution < 1.29 is 24.1 Å². The molecule has 268 valence electrons. The average molecular weight is 686 g/mol. The molecule has 50 heavy (non-hydrogen) atoms. The van der Waals surface area contributed by atoms with Crippen LogP contribution in [0.1, 0.15) is 99.3 Å². The third-order valence-electron chi connectivity index (χ3n) is 9.70. The Bertz CT molecular complexity index is 1760. The predicted molar refractivity (Wildman–Crippen MR) is 195 cm³/mol. The first-order valence-corrected chi connectivity index (χ1v) is 17.9. The highest BCUT2D eigenvalue weighted by Crippen LogP contribution is 2.37. The summed E-state index contributed by atoms with van der Waals surface area (Å²) in [6.07, 6.45) is 3.46. The molecule has 9 nitrogen and oxygen atoms in total. The first-order valence-electron chi connectivity index (χ1n) is 17.9. The van der Waals surface area contributed by atoms with Crippen molar-refractivity contribution in [2.24, 2.45) is 0 Å². The summed E-state index contributed by atoms with van der Waals surface area (Å²) >= 11 is 0. The van der Waals surface area contributed by atoms with E-state index in [4.69, 9.17) is 9.84 Å². The molecule has 1 aromatic heterocycles. The number of halogens is 1. The maximum atomic E-state index is 15.5. The van der Waals surface area contributed by atoms with E-state index < -0.39 is 17.8 Å². The number of methoxy groups -OCH3 is 1. The minimum atomic E-state index is -1.53. The smallest absolute Gasteiger partial charge is 0.274 e. The summed E-state index contributed by atoms with van der Waals surface area (Å²) in [7, 11) is 1.54. The molecule has 0 saturated heterocycles. The summed E-state index contributed by atoms with van der Waals surface area (Å²) < 4.78 is 22.9. The number of carbonyl (C=O) groups is 1. The predicted octanol–water partition coefficient (Wildman–Crippen LogP) is 6.94. The zero-order valence-electron chi connectivity index (χ0n) is 30.2. The van der Waals surface area contributed by atoms with E-state index in [1.54, 1.807) is 22.9 Å². The normalized spacial score (nSPS) is 16.5. The molecular weight excluding hydrogens is 633 g/mol. The van der Waals surface area contributed by atoms with Crippen LogP contribution >= 0.6 is 0 Å². The maximum absolute atomic E-state index is 15.5. The summed E-state index contributed by atoms with van der Waals surface area (Å²) in [6, 6.07) is 20.2. The average Bonchev–Trinajstić information content (AvgIpc) is 3.55. The van der Waals surface area contributed by atoms with Gasteiger partial charge in [0.25, 0.3) is 5.91 Å². The highest BCUT2D eigenvalue weighted by Gasteiger charge is 2.32. The molecule has 1 amide bonds. The Labute approximate surface area is 295 Å². The number of nitrogens with zero attached hydrogens (tertiary/aromatic N) is 4. The van der Waals surface area contributed by atoms with Crippen molar-refractivity contribution in [1.82, 2.24) is 24.9 Å². The first kappa shape index (κ1) is 37.2. The Morgan fingerprint density at radius 2 is 1.70 bits per heavy atom. The molecule has 4 aromatic rings. The van der Waals surface area contributed by atoms with Crippen LogP contribution in [0, 0.1) is 5.82 Å². The van der Waals surface area contributed by atoms with Gasteiger partial charge in [0, 0.05) is 42.9 Å². The molecule has 3 unspecified atom stereocenters. The van der Waals surface area contributed by atoms with Crippen molar-refractivity contribution in [1.29, 1.82) is 0 Å². The number of carbonyl (C=O) groups excluding carboxylic acids is 1. The van der Waals surface area contributed by atoms with Crippen LogP contribution in [0.25, 0.3) is 16.8 Å². The third kappa shape index (κ3) is 7.94. The summed E-state index contributed by atoms with van der Waals surface area (Å²) in [5.41, 5.74) is 3.63. The molecule has 0 saturated carbocycles. The summed E-state index contributed by atoms with van der Waals surface area (Å²) in [4.78, 5) is 17.7. The highest BCUT2D eigenvalue weighted by molar-refractivity contribution is 5.92. The van der Waals surface area contributed by atoms with Crippen LogP contribution in [0.5, 0.6) is 5.88 Å². The Kier molecular flexibility index (Phi) is 12.1. The van der Waals surface area contributed by atoms with Crippen LogP contribution in [-0.2, 0) is 18.7 Å². The van der Waals surface area contributed by atoms with Gasteiger partial charge in [-0.05, 0) is 80.1 Å². The number of amides is 1. The van der Waals surface area contributed by atoms with Crippen LogP contribution < -0.4 is 10.1 Å². The maximum Gasteiger partial charge on any atom is 0.274 e. The molecule has 1 aliphatic rings. The molecule has 0 bridgehead atoms. The number of aliphatic hydroxyl groups is 2. The van der Waals surface area contributed by atoms with Gasteiger partial charge in [-0.25, -0.2) is 4.39 Å². The fraction of sp³-hybridized carbons (Fsp3) is 0.450. The van der Waals surface area contributed by atoms with E-state index >= 15 is 4.39 Å². The number of benzene rings is 3. The van der Waals surface area contributed by atoms with Crippen molar-refractivity contribution in [2.45, 2.75) is 91.3 Å². The molecule has 1 aliphatic heterocycles. The molecule has 3 aromatic carbocycles. The van der Waals surface area contributed by atoms with Gasteiger partial charge >= 0.3 is 0 Å². The van der Waals surface area contributed by atoms with Crippen molar-refractivity contribution in [3.05, 3.63) is 100 Å². The Hall–Kier alpha value is -4.09. The molecule has 0 spiro atoms. The molecule has 0 radical (unpaired) electrons. The third-order valence-corrected chi connectivity index (χ3v) is 9.70. The Morgan fingerprint density at radius 3 is 2.34 bits per heavy atom. The summed E-state index contributed by atoms with van der Waals surface area (Å²) in [5, 5.41) is 30.7. The standard InChI is InChI=1S/C40H52FN5O4/c1-7-10-20-44(21-11-8-2)39(48)35-25-37(50-6)46(43-35)36-19-17-29(30-16-18-33(34(41)24-30)40(5,49)42-9-3)23-32(36)38(47)45-26-31-15-13-12-14-28(31)22-27(45)4/h12-19,23-25,27,38,42,47,49H,7-11,20-22,26H2,1-6H3. The number of aromatic nitrogens is 2. The second-order valence-corrected chi connectivity index (χ2v) is 13.4. The molecule has 3 atom stereocenters. The molecule has 5 rings (SSSR count). The molecular formula is C40H52FN5O4. The largest absolute Gasteiger partial charge is 0.481 e. The van der Waals surface area contributed by atoms with E-state index in [0.717, 1.165) is 37.7 Å². The second kappa shape index (κ2) is 16.3. The Balaban J connectivity index is 1.60. The molecule has 0 aliphatic carbocycles. The highest BCUT2D eigenvalue weighted by atomic mass is 19.1. The van der Waals surface area contributed by atoms with Gasteiger partial charge in [-0.2, -0.15) is 9.78 Å². The van der Waals surface area contributed by atoms with Gasteiger partial charge in [0.15, 0.2) is 5.69 Å². The SMILES string of the molecule is CCCCN(CCCC)C(=O)c1cc(OC)n(-c2ccc(-c3ccc(C(C)(O)NCC)c(F)c3)cc2C(O)N2Cc3ccccc3CC2C)n1. The van der Waals surface area contributed by atoms with Gasteiger partial charge in [-0.1, -0.05) is 76.1 Å². The lowest BCUT2D eigenvalue weighted by molar-refractivity contribution is -0.0345. The minimum absolute atomic E-state index is 0.0174. The van der Waals surface area contributed by atoms with Crippen LogP contribution in [0.2, 0.25) is 0 Å². The monoisotopic (exact) mass is 685 g/mol. The van der Waals surface area contributed by atoms with E-state index in [0.29, 0.717) is 54.4 Å². The fourth-order valence-corrected chi connectivity index (χ4v) is 6.83. The van der Waals surface area contributed by atoms with E-state index in [9.17, 15) is 15.0 Å². The van der Waals surface area contributed by atoms with Crippen molar-refractivity contribution >= 4 is 5.91 Å². The lowest BCUT2D eigenvalue weighted by atomic mass is 9.93. The van der Waals surface area contributed by atoms with Crippen LogP contribution in [0.3, 0.4) is 0 Å². The topological polar surface area (TPSA) is 103 Å². The minimum Gasteiger partial charge on any atom is -0.481 e. The van der Waals surface area contributed by atoms with E-state index in [2.05, 4.69) is 38.2 Å². The number of ether oxygens (including phenoxy) is 1. The number of aliphatic hydroxyl groups excluding tert-OH is 1. The fourth-order valence-electron chi connectivity index (χ4n) is 6.83. The molecule has 0 fully saturated rings. The van der Waals surface area contributed by atoms with Crippen LogP contribution in [-0.4, -0.2) is 68.5 Å². The zero-order valence-corrected chi connectivity index (χ0v) is 30.2.